The smallest absolute Gasteiger partial charge is 0.341 e. The van der Waals surface area contributed by atoms with E-state index in [1.165, 1.54) is 40.9 Å². The second kappa shape index (κ2) is 16.4. The summed E-state index contributed by atoms with van der Waals surface area (Å²) in [5.74, 6) is -1.38. The molecule has 0 radical (unpaired) electrons. The van der Waals surface area contributed by atoms with Crippen LogP contribution >= 0.6 is 34.4 Å². The number of carbonyl (C=O) groups excluding carboxylic acids is 4. The maximum Gasteiger partial charge on any atom is 0.341 e. The first-order chi connectivity index (χ1) is 22.4. The van der Waals surface area contributed by atoms with Crippen molar-refractivity contribution < 1.29 is 23.9 Å². The van der Waals surface area contributed by atoms with E-state index >= 15 is 0 Å². The molecule has 0 bridgehead atoms. The van der Waals surface area contributed by atoms with Crippen molar-refractivity contribution in [1.82, 2.24) is 5.32 Å². The van der Waals surface area contributed by atoms with Crippen LogP contribution in [0.2, 0.25) is 0 Å². The van der Waals surface area contributed by atoms with E-state index in [-0.39, 0.29) is 29.9 Å². The molecule has 2 heterocycles. The standard InChI is InChI=1S/C35H35N3O5S3/c1-2-43-35(42)31-27-15-8-3-4-9-16-29(27)46-34(31)38-30(39)22-45-26-14-10-13-25(20-26)36-33(41)28(19-23-17-18-44-21-23)37-32(40)24-11-6-5-7-12-24/h5-7,10-14,17-21H,2-4,8-9,15-16,22H2,1H3,(H,36,41)(H,37,40)(H,38,39)/b28-19-. The second-order valence-electron chi connectivity index (χ2n) is 10.6. The minimum Gasteiger partial charge on any atom is -0.462 e. The molecule has 0 aliphatic heterocycles. The number of carbonyl (C=O) groups is 4. The van der Waals surface area contributed by atoms with Gasteiger partial charge in [-0.05, 0) is 97.0 Å². The molecule has 2 aromatic carbocycles. The third-order valence-electron chi connectivity index (χ3n) is 7.25. The fourth-order valence-corrected chi connectivity index (χ4v) is 7.73. The molecule has 0 saturated carbocycles. The van der Waals surface area contributed by atoms with E-state index in [1.54, 1.807) is 55.5 Å². The lowest BCUT2D eigenvalue weighted by Crippen LogP contribution is -2.30. The lowest BCUT2D eigenvalue weighted by atomic mass is 9.96. The van der Waals surface area contributed by atoms with Gasteiger partial charge < -0.3 is 20.7 Å². The molecule has 5 rings (SSSR count). The van der Waals surface area contributed by atoms with E-state index in [2.05, 4.69) is 16.0 Å². The van der Waals surface area contributed by atoms with Crippen molar-refractivity contribution in [2.24, 2.45) is 0 Å². The number of fused-ring (bicyclic) bond motifs is 1. The lowest BCUT2D eigenvalue weighted by molar-refractivity contribution is -0.114. The van der Waals surface area contributed by atoms with Gasteiger partial charge in [0.25, 0.3) is 11.8 Å². The summed E-state index contributed by atoms with van der Waals surface area (Å²) in [6.07, 6.45) is 7.71. The summed E-state index contributed by atoms with van der Waals surface area (Å²) < 4.78 is 5.36. The van der Waals surface area contributed by atoms with Crippen LogP contribution < -0.4 is 16.0 Å². The third-order valence-corrected chi connectivity index (χ3v) is 10.2. The fourth-order valence-electron chi connectivity index (χ4n) is 5.07. The number of esters is 1. The average Bonchev–Trinajstić information content (AvgIpc) is 3.68. The molecule has 2 aromatic heterocycles. The highest BCUT2D eigenvalue weighted by Gasteiger charge is 2.26. The summed E-state index contributed by atoms with van der Waals surface area (Å²) in [4.78, 5) is 54.1. The number of rotatable bonds is 11. The van der Waals surface area contributed by atoms with Crippen LogP contribution in [0.1, 0.15) is 69.3 Å². The molecule has 0 fully saturated rings. The van der Waals surface area contributed by atoms with Gasteiger partial charge in [0.2, 0.25) is 5.91 Å². The Labute approximate surface area is 280 Å². The van der Waals surface area contributed by atoms with Crippen LogP contribution in [-0.2, 0) is 27.2 Å². The highest BCUT2D eigenvalue weighted by atomic mass is 32.2. The van der Waals surface area contributed by atoms with Gasteiger partial charge in [0.05, 0.1) is 17.9 Å². The fraction of sp³-hybridized carbons (Fsp3) is 0.257. The first-order valence-corrected chi connectivity index (χ1v) is 17.9. The van der Waals surface area contributed by atoms with Gasteiger partial charge in [-0.2, -0.15) is 11.3 Å². The normalized spacial score (nSPS) is 13.1. The van der Waals surface area contributed by atoms with Gasteiger partial charge in [-0.25, -0.2) is 4.79 Å². The number of hydrogen-bond acceptors (Lipinski definition) is 8. The first-order valence-electron chi connectivity index (χ1n) is 15.2. The van der Waals surface area contributed by atoms with Crippen molar-refractivity contribution in [3.63, 3.8) is 0 Å². The van der Waals surface area contributed by atoms with Gasteiger partial charge in [0.1, 0.15) is 10.7 Å². The summed E-state index contributed by atoms with van der Waals surface area (Å²) in [5.41, 5.74) is 3.36. The Balaban J connectivity index is 1.25. The Kier molecular flexibility index (Phi) is 11.8. The van der Waals surface area contributed by atoms with Gasteiger partial charge >= 0.3 is 5.97 Å². The largest absolute Gasteiger partial charge is 0.462 e. The summed E-state index contributed by atoms with van der Waals surface area (Å²) in [7, 11) is 0. The molecule has 3 N–H and O–H groups in total. The number of nitrogens with one attached hydrogen (secondary N) is 3. The van der Waals surface area contributed by atoms with E-state index in [0.29, 0.717) is 21.8 Å². The molecule has 1 aliphatic rings. The highest BCUT2D eigenvalue weighted by molar-refractivity contribution is 8.00. The Morgan fingerprint density at radius 2 is 1.74 bits per heavy atom. The zero-order chi connectivity index (χ0) is 32.3. The molecular weight excluding hydrogens is 639 g/mol. The molecule has 3 amide bonds. The number of thiophene rings is 2. The van der Waals surface area contributed by atoms with E-state index in [4.69, 9.17) is 4.74 Å². The quantitative estimate of drug-likeness (QED) is 0.0851. The highest BCUT2D eigenvalue weighted by Crippen LogP contribution is 2.38. The van der Waals surface area contributed by atoms with Crippen LogP contribution in [0.25, 0.3) is 6.08 Å². The van der Waals surface area contributed by atoms with E-state index in [0.717, 1.165) is 53.0 Å². The van der Waals surface area contributed by atoms with Crippen molar-refractivity contribution in [2.45, 2.75) is 50.3 Å². The molecule has 0 saturated heterocycles. The maximum atomic E-state index is 13.3. The molecule has 8 nitrogen and oxygen atoms in total. The number of thioether (sulfide) groups is 1. The van der Waals surface area contributed by atoms with Crippen molar-refractivity contribution in [3.8, 4) is 0 Å². The number of amides is 3. The Morgan fingerprint density at radius 3 is 2.50 bits per heavy atom. The van der Waals surface area contributed by atoms with Crippen LogP contribution in [0, 0.1) is 0 Å². The lowest BCUT2D eigenvalue weighted by Gasteiger charge is -2.12. The minimum atomic E-state index is -0.477. The molecular formula is C35H35N3O5S3. The molecule has 46 heavy (non-hydrogen) atoms. The summed E-state index contributed by atoms with van der Waals surface area (Å²) in [5, 5.41) is 12.9. The Morgan fingerprint density at radius 1 is 0.935 bits per heavy atom. The van der Waals surface area contributed by atoms with Crippen molar-refractivity contribution >= 4 is 74.9 Å². The van der Waals surface area contributed by atoms with Crippen LogP contribution in [0.4, 0.5) is 10.7 Å². The van der Waals surface area contributed by atoms with Crippen molar-refractivity contribution in [3.05, 3.63) is 104 Å². The molecule has 4 aromatic rings. The van der Waals surface area contributed by atoms with Crippen LogP contribution in [0.5, 0.6) is 0 Å². The van der Waals surface area contributed by atoms with Gasteiger partial charge in [-0.15, -0.1) is 23.1 Å². The predicted octanol–water partition coefficient (Wildman–Crippen LogP) is 7.79. The zero-order valence-corrected chi connectivity index (χ0v) is 27.9. The third kappa shape index (κ3) is 8.96. The van der Waals surface area contributed by atoms with Gasteiger partial charge in [-0.1, -0.05) is 37.1 Å². The Hall–Kier alpha value is -4.19. The van der Waals surface area contributed by atoms with Crippen molar-refractivity contribution in [2.75, 3.05) is 23.0 Å². The molecule has 1 aliphatic carbocycles. The van der Waals surface area contributed by atoms with E-state index < -0.39 is 11.8 Å². The van der Waals surface area contributed by atoms with Gasteiger partial charge in [0.15, 0.2) is 0 Å². The zero-order valence-electron chi connectivity index (χ0n) is 25.4. The summed E-state index contributed by atoms with van der Waals surface area (Å²) >= 11 is 4.29. The molecule has 0 atom stereocenters. The van der Waals surface area contributed by atoms with Crippen LogP contribution in [-0.4, -0.2) is 36.1 Å². The van der Waals surface area contributed by atoms with Gasteiger partial charge in [0, 0.05) is 21.0 Å². The van der Waals surface area contributed by atoms with Gasteiger partial charge in [-0.3, -0.25) is 14.4 Å². The molecule has 0 unspecified atom stereocenters. The van der Waals surface area contributed by atoms with Crippen LogP contribution in [0.15, 0.2) is 82.0 Å². The van der Waals surface area contributed by atoms with Crippen molar-refractivity contribution in [1.29, 1.82) is 0 Å². The summed E-state index contributed by atoms with van der Waals surface area (Å²) in [6, 6.07) is 17.7. The molecule has 238 valence electrons. The second-order valence-corrected chi connectivity index (χ2v) is 13.5. The monoisotopic (exact) mass is 673 g/mol. The molecule has 11 heteroatoms. The summed E-state index contributed by atoms with van der Waals surface area (Å²) in [6.45, 7) is 2.05. The number of ether oxygens (including phenoxy) is 1. The number of benzene rings is 2. The molecule has 0 spiro atoms. The number of hydrogen-bond donors (Lipinski definition) is 3. The SMILES string of the molecule is CCOC(=O)c1c(NC(=O)CSc2cccc(NC(=O)/C(=C/c3ccsc3)NC(=O)c3ccccc3)c2)sc2c1CCCCCC2. The topological polar surface area (TPSA) is 114 Å². The van der Waals surface area contributed by atoms with E-state index in [1.807, 2.05) is 29.0 Å². The maximum absolute atomic E-state index is 13.3. The van der Waals surface area contributed by atoms with E-state index in [9.17, 15) is 19.2 Å². The number of aryl methyl sites for hydroxylation is 1. The Bertz CT molecular complexity index is 1710. The minimum absolute atomic E-state index is 0.104. The van der Waals surface area contributed by atoms with Crippen LogP contribution in [0.3, 0.4) is 0 Å². The number of anilines is 2. The average molecular weight is 674 g/mol. The first kappa shape index (κ1) is 33.2. The predicted molar refractivity (Wildman–Crippen MR) is 187 cm³/mol.